The second-order valence-electron chi connectivity index (χ2n) is 7.41. The summed E-state index contributed by atoms with van der Waals surface area (Å²) in [4.78, 5) is 31.9. The van der Waals surface area contributed by atoms with Crippen molar-refractivity contribution in [2.75, 3.05) is 5.32 Å². The third-order valence-electron chi connectivity index (χ3n) is 5.17. The van der Waals surface area contributed by atoms with Crippen molar-refractivity contribution in [1.82, 2.24) is 4.57 Å². The van der Waals surface area contributed by atoms with E-state index in [4.69, 9.17) is 8.83 Å². The van der Waals surface area contributed by atoms with Crippen molar-refractivity contribution in [3.05, 3.63) is 109 Å². The van der Waals surface area contributed by atoms with E-state index in [0.717, 1.165) is 5.56 Å². The molecule has 5 rings (SSSR count). The Kier molecular flexibility index (Phi) is 4.99. The summed E-state index contributed by atoms with van der Waals surface area (Å²) in [5, 5.41) is 2.91. The van der Waals surface area contributed by atoms with Crippen molar-refractivity contribution in [2.45, 2.75) is 19.9 Å². The maximum Gasteiger partial charge on any atom is 0.271 e. The molecule has 160 valence electrons. The van der Waals surface area contributed by atoms with Crippen LogP contribution < -0.4 is 20.2 Å². The molecule has 0 saturated heterocycles. The van der Waals surface area contributed by atoms with Gasteiger partial charge >= 0.3 is 0 Å². The van der Waals surface area contributed by atoms with Gasteiger partial charge in [-0.25, -0.2) is 4.99 Å². The number of thiazole rings is 1. The van der Waals surface area contributed by atoms with Crippen molar-refractivity contribution in [2.24, 2.45) is 4.99 Å². The molecule has 1 amide bonds. The number of rotatable bonds is 4. The van der Waals surface area contributed by atoms with E-state index in [1.807, 2.05) is 31.2 Å². The summed E-state index contributed by atoms with van der Waals surface area (Å²) >= 11 is 1.27. The number of aromatic nitrogens is 1. The smallest absolute Gasteiger partial charge is 0.271 e. The van der Waals surface area contributed by atoms with Gasteiger partial charge < -0.3 is 14.2 Å². The van der Waals surface area contributed by atoms with Gasteiger partial charge in [-0.2, -0.15) is 0 Å². The Balaban J connectivity index is 1.68. The van der Waals surface area contributed by atoms with E-state index in [1.54, 1.807) is 49.8 Å². The topological polar surface area (TPSA) is 89.7 Å². The molecule has 1 N–H and O–H groups in total. The molecule has 0 saturated carbocycles. The number of benzene rings is 1. The van der Waals surface area contributed by atoms with Crippen LogP contribution in [0.3, 0.4) is 0 Å². The Bertz CT molecular complexity index is 1510. The number of nitrogens with one attached hydrogen (secondary N) is 1. The molecular formula is C24H19N3O4S. The van der Waals surface area contributed by atoms with Crippen molar-refractivity contribution in [3.8, 4) is 0 Å². The van der Waals surface area contributed by atoms with Crippen LogP contribution in [0.5, 0.6) is 0 Å². The zero-order chi connectivity index (χ0) is 22.2. The third kappa shape index (κ3) is 3.54. The van der Waals surface area contributed by atoms with Crippen LogP contribution in [0.25, 0.3) is 6.08 Å². The molecule has 0 aliphatic carbocycles. The molecule has 0 bridgehead atoms. The SMILES string of the molecule is CC1=C(C(=O)Nc2ccccc2)[C@H](c2ccc(C)o2)n2c(s/c(=C/c3ccoc3)c2=O)=N1. The first kappa shape index (κ1) is 20.0. The highest BCUT2D eigenvalue weighted by Crippen LogP contribution is 2.31. The van der Waals surface area contributed by atoms with Crippen molar-refractivity contribution in [3.63, 3.8) is 0 Å². The molecule has 8 heteroatoms. The van der Waals surface area contributed by atoms with Crippen molar-refractivity contribution >= 4 is 29.0 Å². The van der Waals surface area contributed by atoms with Crippen LogP contribution >= 0.6 is 11.3 Å². The number of anilines is 1. The van der Waals surface area contributed by atoms with Gasteiger partial charge in [-0.15, -0.1) is 0 Å². The number of carbonyl (C=O) groups excluding carboxylic acids is 1. The highest BCUT2D eigenvalue weighted by Gasteiger charge is 2.34. The van der Waals surface area contributed by atoms with E-state index in [-0.39, 0.29) is 11.5 Å². The van der Waals surface area contributed by atoms with Gasteiger partial charge in [0.1, 0.15) is 17.6 Å². The van der Waals surface area contributed by atoms with Gasteiger partial charge in [0.25, 0.3) is 11.5 Å². The number of allylic oxidation sites excluding steroid dienone is 1. The van der Waals surface area contributed by atoms with E-state index in [2.05, 4.69) is 10.3 Å². The summed E-state index contributed by atoms with van der Waals surface area (Å²) in [6.45, 7) is 3.60. The number of nitrogens with zero attached hydrogens (tertiary/aromatic N) is 2. The van der Waals surface area contributed by atoms with Gasteiger partial charge in [-0.3, -0.25) is 14.2 Å². The minimum absolute atomic E-state index is 0.244. The fourth-order valence-electron chi connectivity index (χ4n) is 3.71. The van der Waals surface area contributed by atoms with Gasteiger partial charge in [0.2, 0.25) is 0 Å². The van der Waals surface area contributed by atoms with E-state index >= 15 is 0 Å². The molecule has 32 heavy (non-hydrogen) atoms. The van der Waals surface area contributed by atoms with Crippen LogP contribution in [0.1, 0.15) is 30.0 Å². The molecule has 0 radical (unpaired) electrons. The van der Waals surface area contributed by atoms with Gasteiger partial charge in [0, 0.05) is 11.3 Å². The van der Waals surface area contributed by atoms with E-state index < -0.39 is 6.04 Å². The largest absolute Gasteiger partial charge is 0.472 e. The normalized spacial score (nSPS) is 16.1. The quantitative estimate of drug-likeness (QED) is 0.522. The van der Waals surface area contributed by atoms with E-state index in [9.17, 15) is 9.59 Å². The Morgan fingerprint density at radius 3 is 2.66 bits per heavy atom. The second-order valence-corrected chi connectivity index (χ2v) is 8.42. The predicted molar refractivity (Wildman–Crippen MR) is 121 cm³/mol. The number of amides is 1. The second kappa shape index (κ2) is 7.97. The lowest BCUT2D eigenvalue weighted by Gasteiger charge is -2.23. The van der Waals surface area contributed by atoms with Gasteiger partial charge in [-0.05, 0) is 50.3 Å². The standard InChI is InChI=1S/C24H19N3O4S/c1-14-8-9-18(31-14)21-20(22(28)26-17-6-4-3-5-7-17)15(2)25-24-27(21)23(29)19(32-24)12-16-10-11-30-13-16/h3-13,21H,1-2H3,(H,26,28)/b19-12+/t21-/m0/s1. The third-order valence-corrected chi connectivity index (χ3v) is 6.15. The molecule has 1 aliphatic heterocycles. The molecule has 7 nitrogen and oxygen atoms in total. The maximum atomic E-state index is 13.4. The fourth-order valence-corrected chi connectivity index (χ4v) is 4.76. The molecular weight excluding hydrogens is 426 g/mol. The fraction of sp³-hybridized carbons (Fsp3) is 0.125. The first-order valence-electron chi connectivity index (χ1n) is 9.99. The van der Waals surface area contributed by atoms with Gasteiger partial charge in [0.15, 0.2) is 4.80 Å². The number of hydrogen-bond acceptors (Lipinski definition) is 6. The monoisotopic (exact) mass is 445 g/mol. The summed E-state index contributed by atoms with van der Waals surface area (Å²) in [6.07, 6.45) is 4.86. The lowest BCUT2D eigenvalue weighted by atomic mass is 10.00. The average Bonchev–Trinajstić information content (AvgIpc) is 3.50. The highest BCUT2D eigenvalue weighted by molar-refractivity contribution is 7.07. The number of fused-ring (bicyclic) bond motifs is 1. The van der Waals surface area contributed by atoms with Gasteiger partial charge in [-0.1, -0.05) is 29.5 Å². The summed E-state index contributed by atoms with van der Waals surface area (Å²) in [5.41, 5.74) is 2.09. The Labute approximate surface area is 186 Å². The van der Waals surface area contributed by atoms with Crippen LogP contribution in [-0.2, 0) is 4.79 Å². The van der Waals surface area contributed by atoms with Crippen LogP contribution in [0.2, 0.25) is 0 Å². The Hall–Kier alpha value is -3.91. The number of furan rings is 2. The minimum Gasteiger partial charge on any atom is -0.472 e. The minimum atomic E-state index is -0.727. The molecule has 3 aromatic heterocycles. The van der Waals surface area contributed by atoms with E-state index in [0.29, 0.717) is 37.8 Å². The maximum absolute atomic E-state index is 13.4. The first-order chi connectivity index (χ1) is 15.5. The van der Waals surface area contributed by atoms with Crippen molar-refractivity contribution < 1.29 is 13.6 Å². The molecule has 1 aromatic carbocycles. The number of carbonyl (C=O) groups is 1. The average molecular weight is 446 g/mol. The Morgan fingerprint density at radius 2 is 1.97 bits per heavy atom. The molecule has 4 heterocycles. The lowest BCUT2D eigenvalue weighted by molar-refractivity contribution is -0.113. The summed E-state index contributed by atoms with van der Waals surface area (Å²) < 4.78 is 13.0. The Morgan fingerprint density at radius 1 is 1.16 bits per heavy atom. The summed E-state index contributed by atoms with van der Waals surface area (Å²) in [7, 11) is 0. The van der Waals surface area contributed by atoms with Gasteiger partial charge in [0.05, 0.1) is 28.3 Å². The predicted octanol–water partition coefficient (Wildman–Crippen LogP) is 3.37. The van der Waals surface area contributed by atoms with Crippen LogP contribution in [0, 0.1) is 6.92 Å². The zero-order valence-electron chi connectivity index (χ0n) is 17.4. The number of aryl methyl sites for hydroxylation is 1. The van der Waals surface area contributed by atoms with Crippen LogP contribution in [0.15, 0.2) is 90.9 Å². The van der Waals surface area contributed by atoms with Crippen LogP contribution in [-0.4, -0.2) is 10.5 Å². The molecule has 1 aliphatic rings. The summed E-state index contributed by atoms with van der Waals surface area (Å²) in [6, 6.07) is 13.8. The lowest BCUT2D eigenvalue weighted by Crippen LogP contribution is -2.40. The number of hydrogen-bond donors (Lipinski definition) is 1. The molecule has 0 unspecified atom stereocenters. The first-order valence-corrected chi connectivity index (χ1v) is 10.8. The summed E-state index contributed by atoms with van der Waals surface area (Å²) in [5.74, 6) is 0.865. The molecule has 4 aromatic rings. The van der Waals surface area contributed by atoms with Crippen LogP contribution in [0.4, 0.5) is 5.69 Å². The molecule has 0 fully saturated rings. The van der Waals surface area contributed by atoms with E-state index in [1.165, 1.54) is 15.9 Å². The number of para-hydroxylation sites is 1. The van der Waals surface area contributed by atoms with Crippen molar-refractivity contribution in [1.29, 1.82) is 0 Å². The highest BCUT2D eigenvalue weighted by atomic mass is 32.1. The molecule has 1 atom stereocenters. The molecule has 0 spiro atoms. The zero-order valence-corrected chi connectivity index (χ0v) is 18.2.